The quantitative estimate of drug-likeness (QED) is 0.775. The van der Waals surface area contributed by atoms with Crippen molar-refractivity contribution < 1.29 is 12.8 Å². The van der Waals surface area contributed by atoms with E-state index in [1.54, 1.807) is 0 Å². The molecule has 0 spiro atoms. The SMILES string of the molecule is NS(=O)(=O)CCNc1nc2ccc(F)cn2n1. The monoisotopic (exact) mass is 259 g/mol. The zero-order chi connectivity index (χ0) is 12.5. The number of fused-ring (bicyclic) bond motifs is 1. The minimum atomic E-state index is -3.52. The Labute approximate surface area is 96.5 Å². The maximum Gasteiger partial charge on any atom is 0.243 e. The van der Waals surface area contributed by atoms with Crippen LogP contribution in [-0.4, -0.2) is 35.3 Å². The minimum absolute atomic E-state index is 0.0954. The molecule has 0 aliphatic rings. The van der Waals surface area contributed by atoms with E-state index in [0.717, 1.165) is 0 Å². The summed E-state index contributed by atoms with van der Waals surface area (Å²) in [5.74, 6) is -0.436. The smallest absolute Gasteiger partial charge is 0.243 e. The van der Waals surface area contributed by atoms with Crippen molar-refractivity contribution in [3.8, 4) is 0 Å². The highest BCUT2D eigenvalue weighted by molar-refractivity contribution is 7.89. The first-order valence-corrected chi connectivity index (χ1v) is 6.42. The topological polar surface area (TPSA) is 102 Å². The third kappa shape index (κ3) is 3.11. The van der Waals surface area contributed by atoms with Crippen LogP contribution in [0.3, 0.4) is 0 Å². The second-order valence-corrected chi connectivity index (χ2v) is 5.11. The molecule has 0 radical (unpaired) electrons. The van der Waals surface area contributed by atoms with Gasteiger partial charge in [-0.2, -0.15) is 4.98 Å². The lowest BCUT2D eigenvalue weighted by atomic mass is 10.5. The Morgan fingerprint density at radius 3 is 2.94 bits per heavy atom. The van der Waals surface area contributed by atoms with Crippen molar-refractivity contribution >= 4 is 21.6 Å². The number of hydrogen-bond donors (Lipinski definition) is 2. The molecular weight excluding hydrogens is 249 g/mol. The van der Waals surface area contributed by atoms with E-state index in [-0.39, 0.29) is 18.2 Å². The van der Waals surface area contributed by atoms with Gasteiger partial charge in [-0.15, -0.1) is 5.10 Å². The van der Waals surface area contributed by atoms with Gasteiger partial charge in [0.05, 0.1) is 11.9 Å². The van der Waals surface area contributed by atoms with Crippen molar-refractivity contribution in [3.63, 3.8) is 0 Å². The molecule has 3 N–H and O–H groups in total. The molecule has 9 heteroatoms. The van der Waals surface area contributed by atoms with Gasteiger partial charge in [0.2, 0.25) is 16.0 Å². The molecule has 0 atom stereocenters. The first kappa shape index (κ1) is 11.7. The predicted octanol–water partition coefficient (Wildman–Crippen LogP) is -0.431. The molecule has 0 aliphatic heterocycles. The summed E-state index contributed by atoms with van der Waals surface area (Å²) >= 11 is 0. The van der Waals surface area contributed by atoms with E-state index in [2.05, 4.69) is 15.4 Å². The third-order valence-electron chi connectivity index (χ3n) is 1.96. The number of hydrogen-bond acceptors (Lipinski definition) is 5. The third-order valence-corrected chi connectivity index (χ3v) is 2.74. The molecule has 17 heavy (non-hydrogen) atoms. The minimum Gasteiger partial charge on any atom is -0.352 e. The van der Waals surface area contributed by atoms with Gasteiger partial charge in [-0.1, -0.05) is 0 Å². The summed E-state index contributed by atoms with van der Waals surface area (Å²) in [6, 6.07) is 2.73. The number of sulfonamides is 1. The van der Waals surface area contributed by atoms with Crippen LogP contribution < -0.4 is 10.5 Å². The highest BCUT2D eigenvalue weighted by Crippen LogP contribution is 2.06. The van der Waals surface area contributed by atoms with E-state index >= 15 is 0 Å². The molecule has 0 saturated carbocycles. The standard InChI is InChI=1S/C8H10FN5O2S/c9-6-1-2-7-12-8(13-14(7)5-6)11-3-4-17(10,15)16/h1-2,5H,3-4H2,(H,11,13)(H2,10,15,16). The number of nitrogens with one attached hydrogen (secondary N) is 1. The second-order valence-electron chi connectivity index (χ2n) is 3.38. The Kier molecular flexibility index (Phi) is 2.94. The lowest BCUT2D eigenvalue weighted by molar-refractivity contribution is 0.598. The van der Waals surface area contributed by atoms with E-state index in [9.17, 15) is 12.8 Å². The predicted molar refractivity (Wildman–Crippen MR) is 59.4 cm³/mol. The number of rotatable bonds is 4. The lowest BCUT2D eigenvalue weighted by Crippen LogP contribution is -2.22. The fourth-order valence-corrected chi connectivity index (χ4v) is 1.62. The van der Waals surface area contributed by atoms with Crippen LogP contribution in [-0.2, 0) is 10.0 Å². The zero-order valence-corrected chi connectivity index (χ0v) is 9.48. The molecule has 0 amide bonds. The molecular formula is C8H10FN5O2S. The number of nitrogens with two attached hydrogens (primary N) is 1. The molecule has 7 nitrogen and oxygen atoms in total. The summed E-state index contributed by atoms with van der Waals surface area (Å²) in [5, 5.41) is 11.4. The molecule has 0 unspecified atom stereocenters. The molecule has 92 valence electrons. The van der Waals surface area contributed by atoms with Gasteiger partial charge < -0.3 is 5.32 Å². The van der Waals surface area contributed by atoms with Crippen molar-refractivity contribution in [1.82, 2.24) is 14.6 Å². The van der Waals surface area contributed by atoms with Gasteiger partial charge in [0, 0.05) is 6.54 Å². The van der Waals surface area contributed by atoms with Crippen molar-refractivity contribution in [2.75, 3.05) is 17.6 Å². The van der Waals surface area contributed by atoms with Crippen molar-refractivity contribution in [2.24, 2.45) is 5.14 Å². The molecule has 2 aromatic heterocycles. The van der Waals surface area contributed by atoms with Crippen molar-refractivity contribution in [2.45, 2.75) is 0 Å². The van der Waals surface area contributed by atoms with Crippen LogP contribution in [0.4, 0.5) is 10.3 Å². The highest BCUT2D eigenvalue weighted by Gasteiger charge is 2.06. The number of nitrogens with zero attached hydrogens (tertiary/aromatic N) is 3. The van der Waals surface area contributed by atoms with Gasteiger partial charge in [-0.3, -0.25) is 0 Å². The Balaban J connectivity index is 2.09. The summed E-state index contributed by atoms with van der Waals surface area (Å²) in [6.45, 7) is 0.0954. The van der Waals surface area contributed by atoms with Crippen LogP contribution in [0.2, 0.25) is 0 Å². The van der Waals surface area contributed by atoms with Crippen LogP contribution in [0.1, 0.15) is 0 Å². The Morgan fingerprint density at radius 2 is 2.24 bits per heavy atom. The molecule has 0 fully saturated rings. The number of primary sulfonamides is 1. The van der Waals surface area contributed by atoms with E-state index in [1.165, 1.54) is 22.8 Å². The summed E-state index contributed by atoms with van der Waals surface area (Å²) in [5.41, 5.74) is 0.463. The van der Waals surface area contributed by atoms with Gasteiger partial charge in [-0.05, 0) is 12.1 Å². The van der Waals surface area contributed by atoms with Crippen LogP contribution in [0.25, 0.3) is 5.65 Å². The Hall–Kier alpha value is -1.74. The second kappa shape index (κ2) is 4.26. The van der Waals surface area contributed by atoms with Gasteiger partial charge in [0.1, 0.15) is 5.82 Å². The first-order chi connectivity index (χ1) is 7.94. The average molecular weight is 259 g/mol. The average Bonchev–Trinajstić information content (AvgIpc) is 2.57. The zero-order valence-electron chi connectivity index (χ0n) is 8.67. The summed E-state index contributed by atoms with van der Waals surface area (Å²) < 4.78 is 35.5. The lowest BCUT2D eigenvalue weighted by Gasteiger charge is -1.98. The maximum atomic E-state index is 12.8. The molecule has 0 bridgehead atoms. The number of aromatic nitrogens is 3. The molecule has 0 aliphatic carbocycles. The van der Waals surface area contributed by atoms with Gasteiger partial charge in [0.15, 0.2) is 5.65 Å². The summed E-state index contributed by atoms with van der Waals surface area (Å²) in [4.78, 5) is 4.01. The normalized spacial score (nSPS) is 11.9. The number of pyridine rings is 1. The van der Waals surface area contributed by atoms with Crippen molar-refractivity contribution in [1.29, 1.82) is 0 Å². The van der Waals surface area contributed by atoms with Crippen LogP contribution in [0.5, 0.6) is 0 Å². The van der Waals surface area contributed by atoms with Gasteiger partial charge >= 0.3 is 0 Å². The molecule has 0 aromatic carbocycles. The van der Waals surface area contributed by atoms with Crippen LogP contribution in [0.15, 0.2) is 18.3 Å². The maximum absolute atomic E-state index is 12.8. The fourth-order valence-electron chi connectivity index (χ4n) is 1.24. The molecule has 0 saturated heterocycles. The van der Waals surface area contributed by atoms with E-state index in [4.69, 9.17) is 5.14 Å². The van der Waals surface area contributed by atoms with Crippen molar-refractivity contribution in [3.05, 3.63) is 24.1 Å². The van der Waals surface area contributed by atoms with E-state index in [0.29, 0.717) is 5.65 Å². The molecule has 2 heterocycles. The highest BCUT2D eigenvalue weighted by atomic mass is 32.2. The number of anilines is 1. The fraction of sp³-hybridized carbons (Fsp3) is 0.250. The molecule has 2 rings (SSSR count). The van der Waals surface area contributed by atoms with Crippen LogP contribution in [0, 0.1) is 5.82 Å². The van der Waals surface area contributed by atoms with Gasteiger partial charge in [-0.25, -0.2) is 22.5 Å². The summed E-state index contributed by atoms with van der Waals surface area (Å²) in [7, 11) is -3.52. The summed E-state index contributed by atoms with van der Waals surface area (Å²) in [6.07, 6.45) is 1.17. The van der Waals surface area contributed by atoms with Gasteiger partial charge in [0.25, 0.3) is 0 Å². The Bertz CT molecular complexity index is 638. The van der Waals surface area contributed by atoms with E-state index in [1.807, 2.05) is 0 Å². The van der Waals surface area contributed by atoms with E-state index < -0.39 is 15.8 Å². The number of halogens is 1. The molecule has 2 aromatic rings. The largest absolute Gasteiger partial charge is 0.352 e. The Morgan fingerprint density at radius 1 is 1.47 bits per heavy atom. The van der Waals surface area contributed by atoms with Crippen LogP contribution >= 0.6 is 0 Å². The first-order valence-electron chi connectivity index (χ1n) is 4.70.